The molecule has 36 heavy (non-hydrogen) atoms. The fourth-order valence-corrected chi connectivity index (χ4v) is 9.83. The van der Waals surface area contributed by atoms with Crippen LogP contribution in [0.3, 0.4) is 0 Å². The van der Waals surface area contributed by atoms with Gasteiger partial charge in [-0.2, -0.15) is 0 Å². The molecule has 0 heterocycles. The molecule has 0 spiro atoms. The van der Waals surface area contributed by atoms with Gasteiger partial charge < -0.3 is 45.2 Å². The first-order valence-corrected chi connectivity index (χ1v) is 18.1. The van der Waals surface area contributed by atoms with Crippen LogP contribution in [-0.2, 0) is 44.6 Å². The van der Waals surface area contributed by atoms with Crippen LogP contribution in [0, 0.1) is 5.41 Å². The molecular formula is C22H51NO10Si3. The van der Waals surface area contributed by atoms with Crippen molar-refractivity contribution < 1.29 is 44.6 Å². The molecule has 0 atom stereocenters. The summed E-state index contributed by atoms with van der Waals surface area (Å²) < 4.78 is 50.6. The molecule has 0 fully saturated rings. The topological polar surface area (TPSA) is 112 Å². The van der Waals surface area contributed by atoms with Crippen LogP contribution in [0.2, 0.25) is 18.1 Å². The first kappa shape index (κ1) is 35.8. The molecule has 0 saturated carbocycles. The van der Waals surface area contributed by atoms with Crippen molar-refractivity contribution in [1.29, 1.82) is 0 Å². The number of nitrogens with one attached hydrogen (secondary N) is 1. The summed E-state index contributed by atoms with van der Waals surface area (Å²) in [4.78, 5) is 11.9. The molecule has 0 aliphatic carbocycles. The molecule has 0 aliphatic rings. The summed E-state index contributed by atoms with van der Waals surface area (Å²) in [6.07, 6.45) is 5.02. The Labute approximate surface area is 221 Å². The van der Waals surface area contributed by atoms with Crippen LogP contribution < -0.4 is 5.32 Å². The monoisotopic (exact) mass is 573 g/mol. The van der Waals surface area contributed by atoms with E-state index in [9.17, 15) is 4.79 Å². The van der Waals surface area contributed by atoms with Gasteiger partial charge in [-0.1, -0.05) is 0 Å². The van der Waals surface area contributed by atoms with Crippen LogP contribution in [0.5, 0.6) is 0 Å². The van der Waals surface area contributed by atoms with Gasteiger partial charge in [0.05, 0.1) is 0 Å². The zero-order valence-electron chi connectivity index (χ0n) is 24.2. The predicted octanol–water partition coefficient (Wildman–Crippen LogP) is 3.08. The molecule has 0 rings (SSSR count). The van der Waals surface area contributed by atoms with Gasteiger partial charge in [-0.3, -0.25) is 4.79 Å². The Kier molecular flexibility index (Phi) is 18.0. The van der Waals surface area contributed by atoms with Crippen molar-refractivity contribution in [1.82, 2.24) is 5.32 Å². The Morgan fingerprint density at radius 3 is 1.00 bits per heavy atom. The van der Waals surface area contributed by atoms with Crippen LogP contribution in [0.15, 0.2) is 0 Å². The Balaban J connectivity index is 5.80. The van der Waals surface area contributed by atoms with E-state index in [2.05, 4.69) is 5.32 Å². The smallest absolute Gasteiger partial charge is 0.377 e. The van der Waals surface area contributed by atoms with Crippen LogP contribution in [0.4, 0.5) is 0 Å². The van der Waals surface area contributed by atoms with Gasteiger partial charge >= 0.3 is 26.4 Å². The highest BCUT2D eigenvalue weighted by molar-refractivity contribution is 6.61. The molecule has 216 valence electrons. The summed E-state index contributed by atoms with van der Waals surface area (Å²) in [6.45, 7) is 2.09. The number of carbonyl (C=O) groups excluding carboxylic acids is 1. The zero-order chi connectivity index (χ0) is 27.7. The average Bonchev–Trinajstić information content (AvgIpc) is 2.91. The maximum atomic E-state index is 11.9. The van der Waals surface area contributed by atoms with E-state index in [-0.39, 0.29) is 11.3 Å². The summed E-state index contributed by atoms with van der Waals surface area (Å²) in [5.41, 5.74) is -0.189. The van der Waals surface area contributed by atoms with Crippen LogP contribution in [0.25, 0.3) is 0 Å². The summed E-state index contributed by atoms with van der Waals surface area (Å²) in [5, 5.41) is 3.07. The first-order valence-electron chi connectivity index (χ1n) is 12.3. The lowest BCUT2D eigenvalue weighted by Gasteiger charge is -2.37. The fourth-order valence-electron chi connectivity index (χ4n) is 4.66. The van der Waals surface area contributed by atoms with Gasteiger partial charge in [-0.05, 0) is 43.9 Å². The van der Waals surface area contributed by atoms with Crippen molar-refractivity contribution in [3.8, 4) is 0 Å². The highest BCUT2D eigenvalue weighted by Crippen LogP contribution is 2.39. The minimum absolute atomic E-state index is 0.0578. The summed E-state index contributed by atoms with van der Waals surface area (Å²) in [5.74, 6) is -0.0578. The molecule has 0 saturated heterocycles. The number of hydrogen-bond acceptors (Lipinski definition) is 10. The van der Waals surface area contributed by atoms with Crippen molar-refractivity contribution in [3.05, 3.63) is 0 Å². The first-order chi connectivity index (χ1) is 17.1. The molecule has 1 N–H and O–H groups in total. The molecule has 14 heteroatoms. The lowest BCUT2D eigenvalue weighted by atomic mass is 9.75. The van der Waals surface area contributed by atoms with Gasteiger partial charge in [0.2, 0.25) is 5.91 Å². The van der Waals surface area contributed by atoms with Gasteiger partial charge in [0, 0.05) is 95.6 Å². The summed E-state index contributed by atoms with van der Waals surface area (Å²) in [7, 11) is 6.48. The van der Waals surface area contributed by atoms with E-state index in [0.29, 0.717) is 24.7 Å². The molecule has 0 aromatic rings. The second kappa shape index (κ2) is 18.1. The second-order valence-corrected chi connectivity index (χ2v) is 18.1. The maximum Gasteiger partial charge on any atom is 0.500 e. The zero-order valence-corrected chi connectivity index (χ0v) is 27.2. The Morgan fingerprint density at radius 1 is 0.556 bits per heavy atom. The van der Waals surface area contributed by atoms with Crippen molar-refractivity contribution in [2.75, 3.05) is 70.5 Å². The average molecular weight is 574 g/mol. The van der Waals surface area contributed by atoms with Crippen LogP contribution >= 0.6 is 0 Å². The molecular weight excluding hydrogens is 522 g/mol. The van der Waals surface area contributed by atoms with Crippen molar-refractivity contribution in [2.24, 2.45) is 5.41 Å². The molecule has 1 amide bonds. The highest BCUT2D eigenvalue weighted by atomic mass is 28.4. The van der Waals surface area contributed by atoms with E-state index in [0.717, 1.165) is 38.5 Å². The van der Waals surface area contributed by atoms with Gasteiger partial charge in [0.25, 0.3) is 0 Å². The Hall–Kier alpha value is -0.239. The van der Waals surface area contributed by atoms with E-state index < -0.39 is 26.4 Å². The van der Waals surface area contributed by atoms with E-state index in [1.165, 1.54) is 0 Å². The maximum absolute atomic E-state index is 11.9. The third kappa shape index (κ3) is 11.2. The van der Waals surface area contributed by atoms with E-state index >= 15 is 0 Å². The minimum Gasteiger partial charge on any atom is -0.377 e. The quantitative estimate of drug-likeness (QED) is 0.183. The third-order valence-electron chi connectivity index (χ3n) is 7.08. The molecule has 0 aliphatic heterocycles. The third-order valence-corrected chi connectivity index (χ3v) is 15.6. The predicted molar refractivity (Wildman–Crippen MR) is 144 cm³/mol. The Morgan fingerprint density at radius 2 is 0.806 bits per heavy atom. The van der Waals surface area contributed by atoms with E-state index in [4.69, 9.17) is 39.8 Å². The SMILES string of the molecule is CO[Si](CCCC(CCC[Si](OC)(OC)OC)(CCC[Si](OC)(OC)OC)CNC(C)=O)(OC)OC. The van der Waals surface area contributed by atoms with Gasteiger partial charge in [0.15, 0.2) is 0 Å². The summed E-state index contributed by atoms with van der Waals surface area (Å²) in [6, 6.07) is 2.04. The minimum atomic E-state index is -2.71. The number of carbonyl (C=O) groups is 1. The second-order valence-electron chi connectivity index (χ2n) is 8.86. The lowest BCUT2D eigenvalue weighted by Crippen LogP contribution is -2.45. The van der Waals surface area contributed by atoms with Gasteiger partial charge in [-0.25, -0.2) is 0 Å². The fraction of sp³-hybridized carbons (Fsp3) is 0.955. The molecule has 0 aromatic heterocycles. The standard InChI is InChI=1S/C22H51NO10Si3/c1-21(24)23-20-22(14-11-17-34(25-2,26-3)27-4,15-12-18-35(28-5,29-6)30-7)16-13-19-36(31-8,32-9)33-10/h11-20H2,1-10H3,(H,23,24). The molecule has 0 aromatic carbocycles. The molecule has 0 bridgehead atoms. The number of hydrogen-bond donors (Lipinski definition) is 1. The van der Waals surface area contributed by atoms with E-state index in [1.54, 1.807) is 70.9 Å². The molecule has 0 unspecified atom stereocenters. The normalized spacial score (nSPS) is 13.3. The number of rotatable bonds is 23. The van der Waals surface area contributed by atoms with Gasteiger partial charge in [0.1, 0.15) is 0 Å². The highest BCUT2D eigenvalue weighted by Gasteiger charge is 2.42. The van der Waals surface area contributed by atoms with E-state index in [1.807, 2.05) is 0 Å². The largest absolute Gasteiger partial charge is 0.500 e. The lowest BCUT2D eigenvalue weighted by molar-refractivity contribution is -0.119. The van der Waals surface area contributed by atoms with Crippen molar-refractivity contribution in [2.45, 2.75) is 63.6 Å². The van der Waals surface area contributed by atoms with Crippen LogP contribution in [-0.4, -0.2) is 103 Å². The van der Waals surface area contributed by atoms with Crippen molar-refractivity contribution in [3.63, 3.8) is 0 Å². The van der Waals surface area contributed by atoms with Crippen LogP contribution in [0.1, 0.15) is 45.4 Å². The molecule has 11 nitrogen and oxygen atoms in total. The summed E-state index contributed by atoms with van der Waals surface area (Å²) >= 11 is 0. The number of amides is 1. The molecule has 0 radical (unpaired) electrons. The Bertz CT molecular complexity index is 501. The van der Waals surface area contributed by atoms with Crippen molar-refractivity contribution >= 4 is 32.3 Å². The van der Waals surface area contributed by atoms with Gasteiger partial charge in [-0.15, -0.1) is 0 Å².